The molecule has 2 aromatic heterocycles. The molecule has 1 aliphatic carbocycles. The Morgan fingerprint density at radius 1 is 1.12 bits per heavy atom. The molecule has 0 saturated heterocycles. The first-order valence-electron chi connectivity index (χ1n) is 13.2. The third kappa shape index (κ3) is 5.76. The number of nitrogens with one attached hydrogen (secondary N) is 1. The number of pyridine rings is 1. The maximum Gasteiger partial charge on any atom is 0.284 e. The number of rotatable bonds is 9. The number of aliphatic hydroxyl groups excluding tert-OH is 1. The monoisotopic (exact) mass is 566 g/mol. The molecule has 4 aromatic rings. The minimum Gasteiger partial charge on any atom is -0.493 e. The van der Waals surface area contributed by atoms with Crippen LogP contribution in [0.2, 0.25) is 0 Å². The highest BCUT2D eigenvalue weighted by Crippen LogP contribution is 2.37. The molecule has 5 rings (SSSR count). The van der Waals surface area contributed by atoms with Gasteiger partial charge in [-0.05, 0) is 62.4 Å². The number of carbonyl (C=O) groups excluding carboxylic acids is 1. The summed E-state index contributed by atoms with van der Waals surface area (Å²) >= 11 is 0. The average molecular weight is 567 g/mol. The molecular weight excluding hydrogens is 536 g/mol. The first kappa shape index (κ1) is 28.2. The summed E-state index contributed by atoms with van der Waals surface area (Å²) in [4.78, 5) is 30.9. The van der Waals surface area contributed by atoms with Gasteiger partial charge in [-0.15, -0.1) is 5.73 Å². The zero-order chi connectivity index (χ0) is 29.8. The number of allylic oxidation sites excluding steroid dienone is 5. The van der Waals surface area contributed by atoms with E-state index in [1.807, 2.05) is 6.08 Å². The quantitative estimate of drug-likeness (QED) is 0.275. The van der Waals surface area contributed by atoms with Crippen LogP contribution >= 0.6 is 0 Å². The molecule has 0 bridgehead atoms. The Morgan fingerprint density at radius 3 is 2.64 bits per heavy atom. The van der Waals surface area contributed by atoms with Crippen LogP contribution in [0.25, 0.3) is 16.6 Å². The van der Waals surface area contributed by atoms with Crippen LogP contribution in [0, 0.1) is 6.92 Å². The first-order valence-corrected chi connectivity index (χ1v) is 13.2. The number of amides is 1. The fraction of sp³-hybridized carbons (Fsp3) is 0.188. The summed E-state index contributed by atoms with van der Waals surface area (Å²) in [6, 6.07) is 12.1. The van der Waals surface area contributed by atoms with Crippen molar-refractivity contribution in [1.29, 1.82) is 0 Å². The summed E-state index contributed by atoms with van der Waals surface area (Å²) in [5.41, 5.74) is 4.87. The Balaban J connectivity index is 1.35. The molecule has 2 heterocycles. The highest BCUT2D eigenvalue weighted by atomic mass is 16.5. The summed E-state index contributed by atoms with van der Waals surface area (Å²) in [7, 11) is 3.27. The van der Waals surface area contributed by atoms with E-state index in [0.29, 0.717) is 51.0 Å². The third-order valence-corrected chi connectivity index (χ3v) is 6.63. The number of aromatic nitrogens is 3. The van der Waals surface area contributed by atoms with Gasteiger partial charge in [0, 0.05) is 36.5 Å². The van der Waals surface area contributed by atoms with Crippen LogP contribution in [0.3, 0.4) is 0 Å². The molecule has 42 heavy (non-hydrogen) atoms. The van der Waals surface area contributed by atoms with Crippen molar-refractivity contribution in [3.8, 4) is 23.0 Å². The van der Waals surface area contributed by atoms with Crippen LogP contribution < -0.4 is 25.1 Å². The van der Waals surface area contributed by atoms with Gasteiger partial charge in [0.1, 0.15) is 23.7 Å². The van der Waals surface area contributed by atoms with Crippen molar-refractivity contribution >= 4 is 28.2 Å². The Hall–Kier alpha value is -5.31. The van der Waals surface area contributed by atoms with Crippen molar-refractivity contribution in [3.63, 3.8) is 0 Å². The number of hydrogen-bond donors (Lipinski definition) is 2. The zero-order valence-electron chi connectivity index (χ0n) is 23.6. The third-order valence-electron chi connectivity index (χ3n) is 6.63. The van der Waals surface area contributed by atoms with Crippen molar-refractivity contribution in [2.24, 2.45) is 7.05 Å². The van der Waals surface area contributed by atoms with Crippen LogP contribution in [0.5, 0.6) is 23.0 Å². The van der Waals surface area contributed by atoms with Crippen molar-refractivity contribution in [2.45, 2.75) is 20.0 Å². The van der Waals surface area contributed by atoms with Gasteiger partial charge in [0.2, 0.25) is 0 Å². The Bertz CT molecular complexity index is 1840. The van der Waals surface area contributed by atoms with E-state index in [0.717, 1.165) is 0 Å². The number of methoxy groups -OCH3 is 1. The highest BCUT2D eigenvalue weighted by Gasteiger charge is 2.23. The molecule has 0 spiro atoms. The van der Waals surface area contributed by atoms with Crippen LogP contribution in [-0.4, -0.2) is 45.2 Å². The second-order valence-electron chi connectivity index (χ2n) is 9.62. The van der Waals surface area contributed by atoms with Gasteiger partial charge in [-0.1, -0.05) is 12.2 Å². The van der Waals surface area contributed by atoms with Crippen molar-refractivity contribution in [1.82, 2.24) is 14.3 Å². The molecule has 1 amide bonds. The summed E-state index contributed by atoms with van der Waals surface area (Å²) in [5, 5.41) is 13.1. The van der Waals surface area contributed by atoms with Crippen molar-refractivity contribution < 1.29 is 24.1 Å². The van der Waals surface area contributed by atoms with Gasteiger partial charge in [-0.25, -0.2) is 4.68 Å². The number of ether oxygens (including phenoxy) is 3. The average Bonchev–Trinajstić information content (AvgIpc) is 3.13. The van der Waals surface area contributed by atoms with Gasteiger partial charge in [0.15, 0.2) is 11.5 Å². The largest absolute Gasteiger partial charge is 0.493 e. The molecule has 2 N–H and O–H groups in total. The molecule has 1 atom stereocenters. The van der Waals surface area contributed by atoms with Crippen molar-refractivity contribution in [3.05, 3.63) is 106 Å². The Kier molecular flexibility index (Phi) is 8.10. The first-order chi connectivity index (χ1) is 20.3. The standard InChI is InChI=1S/C32H30N4O6/c1-20(37)19-41-29-18-26-25(17-28(29)40-4)27(15-16-33-26)42-24-13-11-22(12-14-24)34-31(38)30-21(2)35(3)36(32(30)39)23-9-7-5-6-8-10-23/h5-7,9-18,20,37H,19H2,1-4H3,(H,34,38). The molecule has 0 aliphatic heterocycles. The molecule has 0 radical (unpaired) electrons. The number of carbonyl (C=O) groups is 1. The SMILES string of the molecule is COc1cc2c(Oc3ccc(NC(=O)c4c(C)n(C)n(C5=CC=CC=C=C5)c4=O)cc3)ccnc2cc1OCC(C)O. The topological polar surface area (TPSA) is 117 Å². The van der Waals surface area contributed by atoms with E-state index in [2.05, 4.69) is 16.0 Å². The second-order valence-corrected chi connectivity index (χ2v) is 9.62. The number of aliphatic hydroxyl groups is 1. The summed E-state index contributed by atoms with van der Waals surface area (Å²) in [5.74, 6) is 1.51. The van der Waals surface area contributed by atoms with Gasteiger partial charge in [0.05, 0.1) is 30.1 Å². The number of hydrogen-bond acceptors (Lipinski definition) is 7. The van der Waals surface area contributed by atoms with Gasteiger partial charge < -0.3 is 24.6 Å². The molecule has 0 fully saturated rings. The minimum absolute atomic E-state index is 0.0540. The molecule has 2 aromatic carbocycles. The predicted octanol–water partition coefficient (Wildman–Crippen LogP) is 4.98. The van der Waals surface area contributed by atoms with E-state index in [4.69, 9.17) is 14.2 Å². The maximum atomic E-state index is 13.3. The summed E-state index contributed by atoms with van der Waals surface area (Å²) in [6.45, 7) is 3.48. The van der Waals surface area contributed by atoms with E-state index >= 15 is 0 Å². The van der Waals surface area contributed by atoms with Gasteiger partial charge in [-0.3, -0.25) is 19.3 Å². The Labute approximate surface area is 242 Å². The van der Waals surface area contributed by atoms with Crippen LogP contribution in [0.1, 0.15) is 23.0 Å². The zero-order valence-corrected chi connectivity index (χ0v) is 23.6. The summed E-state index contributed by atoms with van der Waals surface area (Å²) < 4.78 is 20.4. The lowest BCUT2D eigenvalue weighted by molar-refractivity contribution is 0.102. The van der Waals surface area contributed by atoms with Crippen molar-refractivity contribution in [2.75, 3.05) is 19.0 Å². The Morgan fingerprint density at radius 2 is 1.90 bits per heavy atom. The van der Waals surface area contributed by atoms with Gasteiger partial charge >= 0.3 is 0 Å². The predicted molar refractivity (Wildman–Crippen MR) is 160 cm³/mol. The van der Waals surface area contributed by atoms with Gasteiger partial charge in [-0.2, -0.15) is 0 Å². The molecule has 0 saturated carbocycles. The molecule has 10 nitrogen and oxygen atoms in total. The van der Waals surface area contributed by atoms with E-state index in [1.165, 1.54) is 11.8 Å². The number of benzene rings is 2. The fourth-order valence-electron chi connectivity index (χ4n) is 4.47. The maximum absolute atomic E-state index is 13.3. The fourth-order valence-corrected chi connectivity index (χ4v) is 4.47. The molecule has 1 unspecified atom stereocenters. The lowest BCUT2D eigenvalue weighted by atomic mass is 10.1. The summed E-state index contributed by atoms with van der Waals surface area (Å²) in [6.07, 6.45) is 9.82. The minimum atomic E-state index is -0.632. The molecule has 214 valence electrons. The number of nitrogens with zero attached hydrogens (tertiary/aromatic N) is 3. The molecular formula is C32H30N4O6. The highest BCUT2D eigenvalue weighted by molar-refractivity contribution is 6.05. The van der Waals surface area contributed by atoms with Crippen LogP contribution in [-0.2, 0) is 7.05 Å². The van der Waals surface area contributed by atoms with Crippen LogP contribution in [0.4, 0.5) is 5.69 Å². The number of anilines is 1. The van der Waals surface area contributed by atoms with E-state index in [1.54, 1.807) is 98.5 Å². The molecule has 1 aliphatic rings. The lowest BCUT2D eigenvalue weighted by Gasteiger charge is -2.15. The van der Waals surface area contributed by atoms with E-state index < -0.39 is 17.6 Å². The van der Waals surface area contributed by atoms with Gasteiger partial charge in [0.25, 0.3) is 11.5 Å². The normalized spacial score (nSPS) is 13.0. The van der Waals surface area contributed by atoms with Crippen LogP contribution in [0.15, 0.2) is 89.6 Å². The van der Waals surface area contributed by atoms with E-state index in [-0.39, 0.29) is 12.2 Å². The second kappa shape index (κ2) is 12.1. The lowest BCUT2D eigenvalue weighted by Crippen LogP contribution is -2.25. The smallest absolute Gasteiger partial charge is 0.284 e. The van der Waals surface area contributed by atoms with E-state index in [9.17, 15) is 14.7 Å². The molecule has 10 heteroatoms. The number of fused-ring (bicyclic) bond motifs is 1.